The van der Waals surface area contributed by atoms with Gasteiger partial charge in [0.15, 0.2) is 0 Å². The van der Waals surface area contributed by atoms with E-state index in [1.807, 2.05) is 25.7 Å². The number of hydrogen-bond donors (Lipinski definition) is 0. The monoisotopic (exact) mass is 229 g/mol. The molecule has 0 radical (unpaired) electrons. The topological polar surface area (TPSA) is 29.5 Å². The molecule has 0 spiro atoms. The molecule has 0 unspecified atom stereocenters. The van der Waals surface area contributed by atoms with Crippen LogP contribution in [0, 0.1) is 5.92 Å². The highest BCUT2D eigenvalue weighted by atomic mass is 16.6. The third-order valence-electron chi connectivity index (χ3n) is 2.75. The lowest BCUT2D eigenvalue weighted by molar-refractivity contribution is 0.0164. The summed E-state index contributed by atoms with van der Waals surface area (Å²) in [6.07, 6.45) is 3.35. The number of hydrogen-bond acceptors (Lipinski definition) is 2. The first-order valence-electron chi connectivity index (χ1n) is 5.90. The Hall–Kier alpha value is -0.730. The molecule has 0 saturated carbocycles. The fraction of sp³-hybridized carbons (Fsp3) is 0.923. The summed E-state index contributed by atoms with van der Waals surface area (Å²) in [4.78, 5) is 13.6. The molecule has 96 valence electrons. The van der Waals surface area contributed by atoms with E-state index in [0.717, 1.165) is 25.9 Å². The quantitative estimate of drug-likeness (QED) is 0.686. The smallest absolute Gasteiger partial charge is 0.410 e. The van der Waals surface area contributed by atoms with Crippen molar-refractivity contribution in [3.8, 4) is 0 Å². The number of carbonyl (C=O) groups excluding carboxylic acids is 1. The maximum Gasteiger partial charge on any atom is 0.410 e. The maximum absolute atomic E-state index is 11.8. The summed E-state index contributed by atoms with van der Waals surface area (Å²) < 4.78 is 5.36. The number of amides is 1. The molecule has 1 saturated heterocycles. The molecule has 3 nitrogen and oxygen atoms in total. The molecule has 1 amide bonds. The summed E-state index contributed by atoms with van der Waals surface area (Å²) in [5.41, 5.74) is -0.379. The summed E-state index contributed by atoms with van der Waals surface area (Å²) in [5, 5.41) is 0. The predicted molar refractivity (Wildman–Crippen MR) is 67.6 cm³/mol. The van der Waals surface area contributed by atoms with Crippen LogP contribution in [0.5, 0.6) is 0 Å². The van der Waals surface area contributed by atoms with Gasteiger partial charge in [-0.3, -0.25) is 0 Å². The van der Waals surface area contributed by atoms with Gasteiger partial charge in [-0.2, -0.15) is 0 Å². The highest BCUT2D eigenvalue weighted by molar-refractivity contribution is 5.68. The summed E-state index contributed by atoms with van der Waals surface area (Å²) in [5.74, 6) is 0.659. The van der Waals surface area contributed by atoms with Crippen molar-refractivity contribution in [2.45, 2.75) is 60.0 Å². The Morgan fingerprint density at radius 1 is 1.44 bits per heavy atom. The molecule has 0 aromatic heterocycles. The van der Waals surface area contributed by atoms with E-state index < -0.39 is 0 Å². The van der Waals surface area contributed by atoms with E-state index in [-0.39, 0.29) is 19.1 Å². The zero-order valence-electron chi connectivity index (χ0n) is 10.4. The number of nitrogens with zero attached hydrogens (tertiary/aromatic N) is 1. The molecule has 1 aliphatic heterocycles. The average Bonchev–Trinajstić information content (AvgIpc) is 2.15. The molecule has 0 aliphatic carbocycles. The highest BCUT2D eigenvalue weighted by Crippen LogP contribution is 2.21. The number of ether oxygens (including phenoxy) is 1. The van der Waals surface area contributed by atoms with Crippen LogP contribution in [0.3, 0.4) is 0 Å². The molecule has 1 aliphatic rings. The molecule has 1 atom stereocenters. The van der Waals surface area contributed by atoms with Crippen molar-refractivity contribution in [2.75, 3.05) is 13.1 Å². The average molecular weight is 229 g/mol. The summed E-state index contributed by atoms with van der Waals surface area (Å²) >= 11 is 0. The van der Waals surface area contributed by atoms with Crippen molar-refractivity contribution in [3.05, 3.63) is 0 Å². The highest BCUT2D eigenvalue weighted by Gasteiger charge is 2.26. The fourth-order valence-electron chi connectivity index (χ4n) is 1.89. The third kappa shape index (κ3) is 4.86. The molecule has 0 aromatic rings. The van der Waals surface area contributed by atoms with Gasteiger partial charge >= 0.3 is 6.09 Å². The van der Waals surface area contributed by atoms with Gasteiger partial charge in [-0.15, -0.1) is 0 Å². The standard InChI is InChI=1S/C12H23NO2.CH4/c1-5-10-7-6-8-13(9-10)11(14)15-12(2,3)4;/h10H,5-9H2,1-4H3;1H4/t10-;/m1./s1. The van der Waals surface area contributed by atoms with Crippen molar-refractivity contribution in [1.29, 1.82) is 0 Å². The van der Waals surface area contributed by atoms with E-state index in [1.165, 1.54) is 6.42 Å². The lowest BCUT2D eigenvalue weighted by Crippen LogP contribution is -2.42. The van der Waals surface area contributed by atoms with E-state index in [0.29, 0.717) is 5.92 Å². The zero-order chi connectivity index (χ0) is 11.5. The van der Waals surface area contributed by atoms with Gasteiger partial charge in [0, 0.05) is 13.1 Å². The second-order valence-corrected chi connectivity index (χ2v) is 5.34. The van der Waals surface area contributed by atoms with Crippen LogP contribution >= 0.6 is 0 Å². The summed E-state index contributed by atoms with van der Waals surface area (Å²) in [6, 6.07) is 0. The fourth-order valence-corrected chi connectivity index (χ4v) is 1.89. The van der Waals surface area contributed by atoms with Gasteiger partial charge in [-0.1, -0.05) is 20.8 Å². The second kappa shape index (κ2) is 6.12. The van der Waals surface area contributed by atoms with Crippen molar-refractivity contribution in [3.63, 3.8) is 0 Å². The SMILES string of the molecule is C.CC[C@@H]1CCCN(C(=O)OC(C)(C)C)C1. The van der Waals surface area contributed by atoms with Crippen LogP contribution in [0.1, 0.15) is 54.4 Å². The van der Waals surface area contributed by atoms with Crippen molar-refractivity contribution < 1.29 is 9.53 Å². The van der Waals surface area contributed by atoms with Crippen LogP contribution in [0.25, 0.3) is 0 Å². The Labute approximate surface area is 100 Å². The first-order valence-corrected chi connectivity index (χ1v) is 5.90. The number of carbonyl (C=O) groups is 1. The largest absolute Gasteiger partial charge is 0.444 e. The minimum atomic E-state index is -0.379. The molecule has 1 fully saturated rings. The Balaban J connectivity index is 0.00000225. The number of rotatable bonds is 1. The lowest BCUT2D eigenvalue weighted by Gasteiger charge is -2.33. The van der Waals surface area contributed by atoms with E-state index in [1.54, 1.807) is 0 Å². The zero-order valence-corrected chi connectivity index (χ0v) is 10.4. The van der Waals surface area contributed by atoms with Gasteiger partial charge < -0.3 is 9.64 Å². The second-order valence-electron chi connectivity index (χ2n) is 5.34. The van der Waals surface area contributed by atoms with Gasteiger partial charge in [-0.05, 0) is 39.5 Å². The van der Waals surface area contributed by atoms with Crippen LogP contribution in [-0.2, 0) is 4.74 Å². The molecular formula is C13H27NO2. The van der Waals surface area contributed by atoms with Gasteiger partial charge in [0.2, 0.25) is 0 Å². The van der Waals surface area contributed by atoms with Gasteiger partial charge in [-0.25, -0.2) is 4.79 Å². The predicted octanol–water partition coefficient (Wildman–Crippen LogP) is 3.68. The molecule has 0 bridgehead atoms. The maximum atomic E-state index is 11.8. The molecule has 1 rings (SSSR count). The van der Waals surface area contributed by atoms with E-state index in [9.17, 15) is 4.79 Å². The molecule has 0 N–H and O–H groups in total. The van der Waals surface area contributed by atoms with Gasteiger partial charge in [0.1, 0.15) is 5.60 Å². The van der Waals surface area contributed by atoms with Gasteiger partial charge in [0.25, 0.3) is 0 Å². The van der Waals surface area contributed by atoms with Crippen molar-refractivity contribution in [2.24, 2.45) is 5.92 Å². The minimum absolute atomic E-state index is 0. The number of piperidine rings is 1. The Morgan fingerprint density at radius 3 is 2.56 bits per heavy atom. The Morgan fingerprint density at radius 2 is 2.06 bits per heavy atom. The van der Waals surface area contributed by atoms with Crippen LogP contribution in [0.4, 0.5) is 4.79 Å². The van der Waals surface area contributed by atoms with Crippen molar-refractivity contribution >= 4 is 6.09 Å². The first kappa shape index (κ1) is 15.3. The summed E-state index contributed by atoms with van der Waals surface area (Å²) in [7, 11) is 0. The van der Waals surface area contributed by atoms with Crippen LogP contribution < -0.4 is 0 Å². The first-order chi connectivity index (χ1) is 6.92. The number of likely N-dealkylation sites (tertiary alicyclic amines) is 1. The molecular weight excluding hydrogens is 202 g/mol. The van der Waals surface area contributed by atoms with Gasteiger partial charge in [0.05, 0.1) is 0 Å². The molecule has 3 heteroatoms. The molecule has 16 heavy (non-hydrogen) atoms. The molecule has 1 heterocycles. The Kier molecular flexibility index (Phi) is 5.84. The molecule has 0 aromatic carbocycles. The lowest BCUT2D eigenvalue weighted by atomic mass is 9.96. The van der Waals surface area contributed by atoms with Crippen LogP contribution in [0.2, 0.25) is 0 Å². The Bertz CT molecular complexity index is 220. The normalized spacial score (nSPS) is 21.2. The summed E-state index contributed by atoms with van der Waals surface area (Å²) in [6.45, 7) is 9.63. The van der Waals surface area contributed by atoms with Crippen LogP contribution in [-0.4, -0.2) is 29.7 Å². The van der Waals surface area contributed by atoms with E-state index in [2.05, 4.69) is 6.92 Å². The van der Waals surface area contributed by atoms with Crippen LogP contribution in [0.15, 0.2) is 0 Å². The van der Waals surface area contributed by atoms with E-state index >= 15 is 0 Å². The van der Waals surface area contributed by atoms with Crippen molar-refractivity contribution in [1.82, 2.24) is 4.90 Å². The minimum Gasteiger partial charge on any atom is -0.444 e. The third-order valence-corrected chi connectivity index (χ3v) is 2.75. The van der Waals surface area contributed by atoms with E-state index in [4.69, 9.17) is 4.74 Å².